The number of nitrogens with two attached hydrogens (primary N) is 2. The Bertz CT molecular complexity index is 1310. The molecule has 4 rings (SSSR count). The van der Waals surface area contributed by atoms with Crippen molar-refractivity contribution in [3.05, 3.63) is 69.7 Å². The van der Waals surface area contributed by atoms with Crippen LogP contribution in [0.5, 0.6) is 5.75 Å². The minimum atomic E-state index is -1.07. The topological polar surface area (TPSA) is 150 Å². The number of carbonyl (C=O) groups excluding carboxylic acids is 3. The summed E-state index contributed by atoms with van der Waals surface area (Å²) in [6, 6.07) is 11.5. The highest BCUT2D eigenvalue weighted by atomic mass is 32.1. The Balaban J connectivity index is 1.84. The number of ether oxygens (including phenoxy) is 2. The Morgan fingerprint density at radius 1 is 1.18 bits per heavy atom. The number of amides is 3. The molecule has 0 aliphatic carbocycles. The molecular formula is C27H31N5O5S. The molecule has 0 radical (unpaired) electrons. The minimum Gasteiger partial charge on any atom is -0.497 e. The van der Waals surface area contributed by atoms with Crippen LogP contribution in [0.15, 0.2) is 42.5 Å². The number of aromatic nitrogens is 1. The van der Waals surface area contributed by atoms with Gasteiger partial charge in [0.15, 0.2) is 5.69 Å². The van der Waals surface area contributed by atoms with Crippen LogP contribution >= 0.6 is 11.5 Å². The predicted octanol–water partition coefficient (Wildman–Crippen LogP) is 3.13. The molecule has 0 unspecified atom stereocenters. The second kappa shape index (κ2) is 11.6. The van der Waals surface area contributed by atoms with E-state index in [1.54, 1.807) is 31.4 Å². The van der Waals surface area contributed by atoms with Crippen molar-refractivity contribution in [3.63, 3.8) is 0 Å². The zero-order valence-electron chi connectivity index (χ0n) is 21.5. The van der Waals surface area contributed by atoms with Crippen molar-refractivity contribution >= 4 is 40.6 Å². The first kappa shape index (κ1) is 27.1. The molecule has 200 valence electrons. The molecule has 3 amide bonds. The lowest BCUT2D eigenvalue weighted by molar-refractivity contribution is -0.123. The summed E-state index contributed by atoms with van der Waals surface area (Å²) in [5, 5.41) is 2.97. The highest BCUT2D eigenvalue weighted by Crippen LogP contribution is 2.34. The second-order valence-corrected chi connectivity index (χ2v) is 9.99. The van der Waals surface area contributed by atoms with Crippen LogP contribution in [0.3, 0.4) is 0 Å². The average molecular weight is 538 g/mol. The molecule has 1 aliphatic rings. The molecule has 0 saturated carbocycles. The molecule has 0 bridgehead atoms. The van der Waals surface area contributed by atoms with Crippen LogP contribution in [0, 0.1) is 13.8 Å². The van der Waals surface area contributed by atoms with Gasteiger partial charge in [-0.1, -0.05) is 18.2 Å². The number of nitrogens with zero attached hydrogens (tertiary/aromatic N) is 2. The third-order valence-corrected chi connectivity index (χ3v) is 7.18. The third-order valence-electron chi connectivity index (χ3n) is 6.33. The fraction of sp³-hybridized carbons (Fsp3) is 0.333. The molecule has 2 atom stereocenters. The number of anilines is 2. The maximum atomic E-state index is 14.2. The van der Waals surface area contributed by atoms with Gasteiger partial charge in [0.25, 0.3) is 11.8 Å². The van der Waals surface area contributed by atoms with Crippen LogP contribution in [-0.2, 0) is 9.53 Å². The van der Waals surface area contributed by atoms with Crippen molar-refractivity contribution in [2.24, 2.45) is 5.73 Å². The van der Waals surface area contributed by atoms with E-state index in [9.17, 15) is 14.4 Å². The number of nitrogens with one attached hydrogen (secondary N) is 1. The third kappa shape index (κ3) is 5.79. The van der Waals surface area contributed by atoms with Crippen molar-refractivity contribution in [2.45, 2.75) is 38.8 Å². The van der Waals surface area contributed by atoms with Gasteiger partial charge in [-0.15, -0.1) is 0 Å². The highest BCUT2D eigenvalue weighted by Gasteiger charge is 2.36. The molecular weight excluding hydrogens is 506 g/mol. The first-order valence-electron chi connectivity index (χ1n) is 12.2. The first-order chi connectivity index (χ1) is 18.2. The summed E-state index contributed by atoms with van der Waals surface area (Å²) in [6.45, 7) is 4.79. The Morgan fingerprint density at radius 2 is 1.87 bits per heavy atom. The Kier molecular flexibility index (Phi) is 8.28. The zero-order chi connectivity index (χ0) is 27.4. The van der Waals surface area contributed by atoms with Gasteiger partial charge >= 0.3 is 0 Å². The summed E-state index contributed by atoms with van der Waals surface area (Å²) in [4.78, 5) is 41.2. The van der Waals surface area contributed by atoms with E-state index in [1.807, 2.05) is 32.0 Å². The van der Waals surface area contributed by atoms with E-state index in [-0.39, 0.29) is 22.4 Å². The van der Waals surface area contributed by atoms with Crippen LogP contribution in [0.1, 0.15) is 55.7 Å². The fourth-order valence-electron chi connectivity index (χ4n) is 4.53. The number of aryl methyl sites for hydroxylation is 2. The van der Waals surface area contributed by atoms with Gasteiger partial charge in [0.1, 0.15) is 16.7 Å². The molecule has 10 nitrogen and oxygen atoms in total. The van der Waals surface area contributed by atoms with Gasteiger partial charge in [0, 0.05) is 18.8 Å². The number of primary amides is 1. The number of carbonyl (C=O) groups is 3. The maximum absolute atomic E-state index is 14.2. The lowest BCUT2D eigenvalue weighted by Gasteiger charge is -2.32. The number of nitrogen functional groups attached to an aromatic ring is 1. The molecule has 2 heterocycles. The van der Waals surface area contributed by atoms with E-state index in [1.165, 1.54) is 4.90 Å². The van der Waals surface area contributed by atoms with Gasteiger partial charge in [0.2, 0.25) is 5.91 Å². The van der Waals surface area contributed by atoms with Crippen molar-refractivity contribution in [1.82, 2.24) is 9.69 Å². The van der Waals surface area contributed by atoms with Crippen LogP contribution in [0.4, 0.5) is 11.4 Å². The van der Waals surface area contributed by atoms with Crippen molar-refractivity contribution in [2.75, 3.05) is 30.9 Å². The first-order valence-corrected chi connectivity index (χ1v) is 13.0. The predicted molar refractivity (Wildman–Crippen MR) is 145 cm³/mol. The van der Waals surface area contributed by atoms with Crippen LogP contribution in [0.2, 0.25) is 0 Å². The Morgan fingerprint density at radius 3 is 2.42 bits per heavy atom. The van der Waals surface area contributed by atoms with Gasteiger partial charge < -0.3 is 26.3 Å². The van der Waals surface area contributed by atoms with E-state index < -0.39 is 23.8 Å². The summed E-state index contributed by atoms with van der Waals surface area (Å²) in [6.07, 6.45) is 1.69. The maximum Gasteiger partial charge on any atom is 0.273 e. The lowest BCUT2D eigenvalue weighted by atomic mass is 10.0. The molecule has 3 aromatic rings. The SMILES string of the molecule is COc1ccc([C@@H](C(=O)NC[C@@H]2CCCO2)N(C(=O)c2snc(C(N)=O)c2N)c2cc(C)cc(C)c2)cc1. The Hall–Kier alpha value is -3.96. The summed E-state index contributed by atoms with van der Waals surface area (Å²) in [5.41, 5.74) is 14.1. The van der Waals surface area contributed by atoms with Crippen molar-refractivity contribution in [1.29, 1.82) is 0 Å². The lowest BCUT2D eigenvalue weighted by Crippen LogP contribution is -2.45. The fourth-order valence-corrected chi connectivity index (χ4v) is 5.27. The smallest absolute Gasteiger partial charge is 0.273 e. The monoisotopic (exact) mass is 537 g/mol. The van der Waals surface area contributed by atoms with Crippen molar-refractivity contribution in [3.8, 4) is 5.75 Å². The standard InChI is InChI=1S/C27H31N5O5S/c1-15-11-16(2)13-18(12-15)32(27(35)24-21(28)22(25(29)33)31-38-24)23(17-6-8-19(36-3)9-7-17)26(34)30-14-20-5-4-10-37-20/h6-9,11-13,20,23H,4-5,10,14,28H2,1-3H3,(H2,29,33)(H,30,34)/t20-,23-/m0/s1. The van der Waals surface area contributed by atoms with Gasteiger partial charge in [-0.3, -0.25) is 19.3 Å². The quantitative estimate of drug-likeness (QED) is 0.379. The molecule has 0 spiro atoms. The molecule has 1 saturated heterocycles. The van der Waals surface area contributed by atoms with E-state index in [2.05, 4.69) is 9.69 Å². The zero-order valence-corrected chi connectivity index (χ0v) is 22.3. The number of methoxy groups -OCH3 is 1. The van der Waals surface area contributed by atoms with Crippen LogP contribution in [0.25, 0.3) is 0 Å². The van der Waals surface area contributed by atoms with Gasteiger partial charge in [-0.25, -0.2) is 0 Å². The average Bonchev–Trinajstić information content (AvgIpc) is 3.54. The Labute approximate surface area is 225 Å². The van der Waals surface area contributed by atoms with E-state index in [0.717, 1.165) is 35.5 Å². The van der Waals surface area contributed by atoms with Gasteiger partial charge in [0.05, 0.1) is 18.9 Å². The largest absolute Gasteiger partial charge is 0.497 e. The normalized spacial score (nSPS) is 15.6. The van der Waals surface area contributed by atoms with E-state index in [0.29, 0.717) is 30.2 Å². The van der Waals surface area contributed by atoms with E-state index in [4.69, 9.17) is 20.9 Å². The van der Waals surface area contributed by atoms with Gasteiger partial charge in [-0.05, 0) is 79.2 Å². The van der Waals surface area contributed by atoms with Crippen LogP contribution < -0.4 is 26.4 Å². The van der Waals surface area contributed by atoms with E-state index >= 15 is 0 Å². The number of rotatable bonds is 9. The molecule has 1 aliphatic heterocycles. The summed E-state index contributed by atoms with van der Waals surface area (Å²) in [7, 11) is 1.55. The molecule has 11 heteroatoms. The second-order valence-electron chi connectivity index (χ2n) is 9.22. The molecule has 2 aromatic carbocycles. The number of hydrogen-bond acceptors (Lipinski definition) is 8. The molecule has 1 aromatic heterocycles. The molecule has 1 fully saturated rings. The number of hydrogen-bond donors (Lipinski definition) is 3. The van der Waals surface area contributed by atoms with Crippen molar-refractivity contribution < 1.29 is 23.9 Å². The summed E-state index contributed by atoms with van der Waals surface area (Å²) >= 11 is 0.769. The number of benzene rings is 2. The minimum absolute atomic E-state index is 0.0170. The molecule has 5 N–H and O–H groups in total. The van der Waals surface area contributed by atoms with Crippen LogP contribution in [-0.4, -0.2) is 48.5 Å². The highest BCUT2D eigenvalue weighted by molar-refractivity contribution is 7.09. The van der Waals surface area contributed by atoms with Gasteiger partial charge in [-0.2, -0.15) is 4.37 Å². The molecule has 38 heavy (non-hydrogen) atoms. The summed E-state index contributed by atoms with van der Waals surface area (Å²) < 4.78 is 15.0. The summed E-state index contributed by atoms with van der Waals surface area (Å²) in [5.74, 6) is -1.20.